The maximum atomic E-state index is 5.27. The van der Waals surface area contributed by atoms with Crippen molar-refractivity contribution in [3.05, 3.63) is 108 Å². The van der Waals surface area contributed by atoms with Crippen molar-refractivity contribution in [3.8, 4) is 16.9 Å². The van der Waals surface area contributed by atoms with Gasteiger partial charge in [0.25, 0.3) is 0 Å². The molecule has 4 aromatic carbocycles. The van der Waals surface area contributed by atoms with E-state index in [1.54, 1.807) is 7.11 Å². The van der Waals surface area contributed by atoms with E-state index in [1.807, 2.05) is 12.1 Å². The molecular weight excluding hydrogens is 354 g/mol. The summed E-state index contributed by atoms with van der Waals surface area (Å²) in [4.78, 5) is 2.30. The summed E-state index contributed by atoms with van der Waals surface area (Å²) in [6, 6.07) is 34.1. The first kappa shape index (κ1) is 18.8. The zero-order valence-electron chi connectivity index (χ0n) is 17.1. The Morgan fingerprint density at radius 3 is 1.48 bits per heavy atom. The normalized spacial score (nSPS) is 10.6. The van der Waals surface area contributed by atoms with E-state index in [2.05, 4.69) is 104 Å². The number of methoxy groups -OCH3 is 1. The van der Waals surface area contributed by atoms with E-state index in [0.29, 0.717) is 0 Å². The van der Waals surface area contributed by atoms with Gasteiger partial charge in [-0.15, -0.1) is 0 Å². The van der Waals surface area contributed by atoms with Gasteiger partial charge < -0.3 is 9.64 Å². The van der Waals surface area contributed by atoms with Crippen LogP contribution in [-0.4, -0.2) is 7.11 Å². The Morgan fingerprint density at radius 2 is 1.03 bits per heavy atom. The van der Waals surface area contributed by atoms with Crippen molar-refractivity contribution in [2.75, 3.05) is 12.0 Å². The quantitative estimate of drug-likeness (QED) is 0.357. The van der Waals surface area contributed by atoms with Gasteiger partial charge in [0.05, 0.1) is 7.11 Å². The summed E-state index contributed by atoms with van der Waals surface area (Å²) in [6.07, 6.45) is 0. The minimum absolute atomic E-state index is 0.871. The fraction of sp³-hybridized carbons (Fsp3) is 0.111. The fourth-order valence-corrected chi connectivity index (χ4v) is 3.57. The lowest BCUT2D eigenvalue weighted by molar-refractivity contribution is 0.415. The lowest BCUT2D eigenvalue weighted by Gasteiger charge is -2.26. The zero-order valence-corrected chi connectivity index (χ0v) is 17.1. The van der Waals surface area contributed by atoms with E-state index in [-0.39, 0.29) is 0 Å². The Kier molecular flexibility index (Phi) is 5.35. The maximum absolute atomic E-state index is 5.27. The van der Waals surface area contributed by atoms with E-state index in [0.717, 1.165) is 22.8 Å². The monoisotopic (exact) mass is 379 g/mol. The zero-order chi connectivity index (χ0) is 20.2. The molecule has 0 saturated carbocycles. The molecule has 0 amide bonds. The Morgan fingerprint density at radius 1 is 0.552 bits per heavy atom. The van der Waals surface area contributed by atoms with Crippen molar-refractivity contribution in [2.24, 2.45) is 0 Å². The topological polar surface area (TPSA) is 12.5 Å². The largest absolute Gasteiger partial charge is 0.497 e. The highest BCUT2D eigenvalue weighted by Crippen LogP contribution is 2.36. The molecule has 0 bridgehead atoms. The van der Waals surface area contributed by atoms with Crippen molar-refractivity contribution in [1.29, 1.82) is 0 Å². The average Bonchev–Trinajstić information content (AvgIpc) is 2.75. The molecule has 0 unspecified atom stereocenters. The molecule has 2 nitrogen and oxygen atoms in total. The van der Waals surface area contributed by atoms with Crippen LogP contribution in [0.5, 0.6) is 5.75 Å². The van der Waals surface area contributed by atoms with Crippen LogP contribution in [0.4, 0.5) is 17.1 Å². The van der Waals surface area contributed by atoms with Gasteiger partial charge >= 0.3 is 0 Å². The number of nitrogens with zero attached hydrogens (tertiary/aromatic N) is 1. The summed E-state index contributed by atoms with van der Waals surface area (Å²) < 4.78 is 5.27. The van der Waals surface area contributed by atoms with Crippen LogP contribution in [0.2, 0.25) is 0 Å². The van der Waals surface area contributed by atoms with Crippen LogP contribution in [-0.2, 0) is 0 Å². The molecule has 144 valence electrons. The van der Waals surface area contributed by atoms with Crippen LogP contribution in [0.3, 0.4) is 0 Å². The first-order chi connectivity index (χ1) is 14.1. The molecule has 4 rings (SSSR count). The summed E-state index contributed by atoms with van der Waals surface area (Å²) in [6.45, 7) is 4.26. The van der Waals surface area contributed by atoms with Crippen molar-refractivity contribution >= 4 is 17.1 Å². The number of aryl methyl sites for hydroxylation is 2. The Hall–Kier alpha value is -3.52. The molecule has 0 spiro atoms. The van der Waals surface area contributed by atoms with Crippen molar-refractivity contribution < 1.29 is 4.74 Å². The second-order valence-electron chi connectivity index (χ2n) is 7.29. The highest BCUT2D eigenvalue weighted by Gasteiger charge is 2.13. The van der Waals surface area contributed by atoms with E-state index in [4.69, 9.17) is 4.74 Å². The second kappa shape index (κ2) is 8.24. The van der Waals surface area contributed by atoms with Crippen LogP contribution in [0.15, 0.2) is 97.1 Å². The van der Waals surface area contributed by atoms with Gasteiger partial charge in [-0.25, -0.2) is 0 Å². The fourth-order valence-electron chi connectivity index (χ4n) is 3.57. The molecule has 4 aromatic rings. The molecule has 0 saturated heterocycles. The first-order valence-electron chi connectivity index (χ1n) is 9.82. The standard InChI is InChI=1S/C27H25NO/c1-20-6-4-8-25(18-20)28(26-9-5-7-21(2)19-26)24-14-10-22(11-15-24)23-12-16-27(29-3)17-13-23/h4-19H,1-3H3. The molecular formula is C27H25NO. The van der Waals surface area contributed by atoms with Gasteiger partial charge in [0.2, 0.25) is 0 Å². The molecule has 29 heavy (non-hydrogen) atoms. The molecule has 2 heteroatoms. The summed E-state index contributed by atoms with van der Waals surface area (Å²) in [5, 5.41) is 0. The molecule has 0 heterocycles. The van der Waals surface area contributed by atoms with Gasteiger partial charge in [0.15, 0.2) is 0 Å². The van der Waals surface area contributed by atoms with Gasteiger partial charge in [0, 0.05) is 17.1 Å². The van der Waals surface area contributed by atoms with Crippen LogP contribution < -0.4 is 9.64 Å². The summed E-state index contributed by atoms with van der Waals surface area (Å²) >= 11 is 0. The van der Waals surface area contributed by atoms with E-state index >= 15 is 0 Å². The van der Waals surface area contributed by atoms with Crippen LogP contribution >= 0.6 is 0 Å². The minimum Gasteiger partial charge on any atom is -0.497 e. The molecule has 0 fully saturated rings. The minimum atomic E-state index is 0.871. The smallest absolute Gasteiger partial charge is 0.118 e. The van der Waals surface area contributed by atoms with E-state index < -0.39 is 0 Å². The first-order valence-corrected chi connectivity index (χ1v) is 9.82. The highest BCUT2D eigenvalue weighted by atomic mass is 16.5. The summed E-state index contributed by atoms with van der Waals surface area (Å²) in [7, 11) is 1.69. The molecule has 0 aromatic heterocycles. The highest BCUT2D eigenvalue weighted by molar-refractivity contribution is 5.78. The van der Waals surface area contributed by atoms with Crippen LogP contribution in [0, 0.1) is 13.8 Å². The van der Waals surface area contributed by atoms with Crippen LogP contribution in [0.1, 0.15) is 11.1 Å². The van der Waals surface area contributed by atoms with E-state index in [1.165, 1.54) is 22.3 Å². The third kappa shape index (κ3) is 4.17. The van der Waals surface area contributed by atoms with Gasteiger partial charge in [0.1, 0.15) is 5.75 Å². The Bertz CT molecular complexity index is 1050. The third-order valence-corrected chi connectivity index (χ3v) is 5.07. The van der Waals surface area contributed by atoms with E-state index in [9.17, 15) is 0 Å². The Labute approximate surface area is 173 Å². The summed E-state index contributed by atoms with van der Waals surface area (Å²) in [5.41, 5.74) is 8.31. The van der Waals surface area contributed by atoms with Gasteiger partial charge in [-0.3, -0.25) is 0 Å². The third-order valence-electron chi connectivity index (χ3n) is 5.07. The molecule has 0 aliphatic carbocycles. The van der Waals surface area contributed by atoms with Gasteiger partial charge in [-0.2, -0.15) is 0 Å². The second-order valence-corrected chi connectivity index (χ2v) is 7.29. The SMILES string of the molecule is COc1ccc(-c2ccc(N(c3cccc(C)c3)c3cccc(C)c3)cc2)cc1. The number of ether oxygens (including phenoxy) is 1. The predicted octanol–water partition coefficient (Wildman–Crippen LogP) is 7.45. The molecule has 0 aliphatic heterocycles. The number of rotatable bonds is 5. The average molecular weight is 380 g/mol. The number of benzene rings is 4. The predicted molar refractivity (Wildman–Crippen MR) is 123 cm³/mol. The summed E-state index contributed by atoms with van der Waals surface area (Å²) in [5.74, 6) is 0.871. The van der Waals surface area contributed by atoms with Crippen molar-refractivity contribution in [2.45, 2.75) is 13.8 Å². The van der Waals surface area contributed by atoms with Gasteiger partial charge in [-0.1, -0.05) is 48.5 Å². The number of anilines is 3. The van der Waals surface area contributed by atoms with Crippen LogP contribution in [0.25, 0.3) is 11.1 Å². The van der Waals surface area contributed by atoms with Gasteiger partial charge in [-0.05, 0) is 84.6 Å². The maximum Gasteiger partial charge on any atom is 0.118 e. The number of hydrogen-bond acceptors (Lipinski definition) is 2. The van der Waals surface area contributed by atoms with Crippen molar-refractivity contribution in [1.82, 2.24) is 0 Å². The molecule has 0 aliphatic rings. The van der Waals surface area contributed by atoms with Crippen molar-refractivity contribution in [3.63, 3.8) is 0 Å². The number of hydrogen-bond donors (Lipinski definition) is 0. The molecule has 0 N–H and O–H groups in total. The lowest BCUT2D eigenvalue weighted by atomic mass is 10.0. The Balaban J connectivity index is 1.74. The molecule has 0 radical (unpaired) electrons. The lowest BCUT2D eigenvalue weighted by Crippen LogP contribution is -2.10. The molecule has 0 atom stereocenters.